The molecule has 0 aliphatic carbocycles. The lowest BCUT2D eigenvalue weighted by Gasteiger charge is -2.25. The number of methoxy groups -OCH3 is 1. The van der Waals surface area contributed by atoms with Crippen LogP contribution in [0.3, 0.4) is 0 Å². The summed E-state index contributed by atoms with van der Waals surface area (Å²) in [6.07, 6.45) is 0. The number of benzene rings is 3. The maximum Gasteiger partial charge on any atom is 0.264 e. The molecule has 0 spiro atoms. The van der Waals surface area contributed by atoms with Crippen LogP contribution >= 0.6 is 0 Å². The van der Waals surface area contributed by atoms with Gasteiger partial charge in [-0.2, -0.15) is 0 Å². The summed E-state index contributed by atoms with van der Waals surface area (Å²) in [4.78, 5) is 12.9. The molecule has 3 aromatic carbocycles. The molecule has 0 saturated heterocycles. The van der Waals surface area contributed by atoms with Crippen LogP contribution in [0, 0.1) is 5.82 Å². The number of hydrogen-bond acceptors (Lipinski definition) is 6. The molecule has 1 amide bonds. The molecule has 8 nitrogen and oxygen atoms in total. The Morgan fingerprint density at radius 2 is 1.69 bits per heavy atom. The van der Waals surface area contributed by atoms with Crippen LogP contribution in [0.15, 0.2) is 71.6 Å². The molecule has 0 radical (unpaired) electrons. The number of nitrogens with one attached hydrogen (secondary N) is 1. The highest BCUT2D eigenvalue weighted by Crippen LogP contribution is 2.32. The third-order valence-electron chi connectivity index (χ3n) is 5.49. The van der Waals surface area contributed by atoms with Crippen LogP contribution in [0.4, 0.5) is 10.1 Å². The highest BCUT2D eigenvalue weighted by molar-refractivity contribution is 7.92. The van der Waals surface area contributed by atoms with Crippen molar-refractivity contribution in [3.8, 4) is 17.2 Å². The lowest BCUT2D eigenvalue weighted by atomic mass is 10.1. The summed E-state index contributed by atoms with van der Waals surface area (Å²) in [5.41, 5.74) is 0.929. The molecule has 1 heterocycles. The van der Waals surface area contributed by atoms with E-state index < -0.39 is 34.3 Å². The number of fused-ring (bicyclic) bond motifs is 1. The average Bonchev–Trinajstić information content (AvgIpc) is 2.87. The van der Waals surface area contributed by atoms with Crippen LogP contribution in [0.25, 0.3) is 0 Å². The van der Waals surface area contributed by atoms with Crippen molar-refractivity contribution in [2.75, 3.05) is 31.2 Å². The van der Waals surface area contributed by atoms with Crippen LogP contribution in [-0.4, -0.2) is 41.2 Å². The zero-order valence-corrected chi connectivity index (χ0v) is 20.0. The summed E-state index contributed by atoms with van der Waals surface area (Å²) < 4.78 is 57.6. The summed E-state index contributed by atoms with van der Waals surface area (Å²) in [6, 6.07) is 15.6. The Hall–Kier alpha value is -3.79. The lowest BCUT2D eigenvalue weighted by Crippen LogP contribution is -2.41. The van der Waals surface area contributed by atoms with Crippen molar-refractivity contribution >= 4 is 21.6 Å². The van der Waals surface area contributed by atoms with Gasteiger partial charge >= 0.3 is 0 Å². The highest BCUT2D eigenvalue weighted by Gasteiger charge is 2.28. The number of amides is 1. The van der Waals surface area contributed by atoms with Crippen LogP contribution < -0.4 is 23.8 Å². The monoisotopic (exact) mass is 500 g/mol. The Labute approximate surface area is 203 Å². The summed E-state index contributed by atoms with van der Waals surface area (Å²) in [7, 11) is -2.67. The van der Waals surface area contributed by atoms with Gasteiger partial charge in [0.15, 0.2) is 11.5 Å². The summed E-state index contributed by atoms with van der Waals surface area (Å²) in [5.74, 6) is 0.653. The Bertz CT molecular complexity index is 1300. The number of sulfonamides is 1. The second-order valence-electron chi connectivity index (χ2n) is 7.86. The minimum Gasteiger partial charge on any atom is -0.497 e. The molecule has 0 aromatic heterocycles. The van der Waals surface area contributed by atoms with Gasteiger partial charge in [0, 0.05) is 0 Å². The Kier molecular flexibility index (Phi) is 7.11. The summed E-state index contributed by atoms with van der Waals surface area (Å²) in [6.45, 7) is 2.19. The van der Waals surface area contributed by atoms with E-state index in [1.54, 1.807) is 19.1 Å². The standard InChI is InChI=1S/C25H25FN2O6S/c1-17(18-3-12-23-24(15-18)34-14-13-33-23)27-25(29)16-28(20-6-4-19(26)5-7-20)35(30,31)22-10-8-21(32-2)9-11-22/h3-12,15,17H,13-14,16H2,1-2H3,(H,27,29)/t17-/m1/s1. The van der Waals surface area contributed by atoms with Gasteiger partial charge in [-0.3, -0.25) is 9.10 Å². The van der Waals surface area contributed by atoms with Crippen molar-refractivity contribution in [3.63, 3.8) is 0 Å². The molecule has 1 atom stereocenters. The topological polar surface area (TPSA) is 94.2 Å². The molecular weight excluding hydrogens is 475 g/mol. The summed E-state index contributed by atoms with van der Waals surface area (Å²) >= 11 is 0. The van der Waals surface area contributed by atoms with Crippen molar-refractivity contribution < 1.29 is 31.8 Å². The number of halogens is 1. The Balaban J connectivity index is 1.56. The van der Waals surface area contributed by atoms with Gasteiger partial charge in [0.1, 0.15) is 31.3 Å². The van der Waals surface area contributed by atoms with Crippen molar-refractivity contribution in [1.82, 2.24) is 5.32 Å². The number of carbonyl (C=O) groups is 1. The van der Waals surface area contributed by atoms with Gasteiger partial charge in [0.2, 0.25) is 5.91 Å². The largest absolute Gasteiger partial charge is 0.497 e. The normalized spacial score (nSPS) is 13.6. The SMILES string of the molecule is COc1ccc(S(=O)(=O)N(CC(=O)N[C@H](C)c2ccc3c(c2)OCCO3)c2ccc(F)cc2)cc1. The zero-order chi connectivity index (χ0) is 25.0. The highest BCUT2D eigenvalue weighted by atomic mass is 32.2. The van der Waals surface area contributed by atoms with Crippen LogP contribution in [0.1, 0.15) is 18.5 Å². The van der Waals surface area contributed by atoms with Crippen molar-refractivity contribution in [3.05, 3.63) is 78.1 Å². The van der Waals surface area contributed by atoms with E-state index in [4.69, 9.17) is 14.2 Å². The molecule has 0 bridgehead atoms. The second kappa shape index (κ2) is 10.2. The minimum absolute atomic E-state index is 0.0321. The second-order valence-corrected chi connectivity index (χ2v) is 9.72. The maximum absolute atomic E-state index is 13.5. The average molecular weight is 501 g/mol. The molecule has 3 aromatic rings. The van der Waals surface area contributed by atoms with Gasteiger partial charge in [0.25, 0.3) is 10.0 Å². The van der Waals surface area contributed by atoms with E-state index in [2.05, 4.69) is 5.32 Å². The minimum atomic E-state index is -4.14. The molecule has 4 rings (SSSR count). The molecule has 35 heavy (non-hydrogen) atoms. The molecular formula is C25H25FN2O6S. The number of anilines is 1. The van der Waals surface area contributed by atoms with E-state index in [1.807, 2.05) is 6.07 Å². The van der Waals surface area contributed by atoms with Crippen LogP contribution in [-0.2, 0) is 14.8 Å². The van der Waals surface area contributed by atoms with Gasteiger partial charge in [-0.1, -0.05) is 6.07 Å². The van der Waals surface area contributed by atoms with Crippen molar-refractivity contribution in [2.45, 2.75) is 17.9 Å². The number of hydrogen-bond donors (Lipinski definition) is 1. The predicted molar refractivity (Wildman–Crippen MR) is 128 cm³/mol. The van der Waals surface area contributed by atoms with Gasteiger partial charge in [-0.15, -0.1) is 0 Å². The first-order valence-electron chi connectivity index (χ1n) is 10.9. The number of nitrogens with zero attached hydrogens (tertiary/aromatic N) is 1. The van der Waals surface area contributed by atoms with Gasteiger partial charge < -0.3 is 19.5 Å². The first-order valence-corrected chi connectivity index (χ1v) is 12.3. The third kappa shape index (κ3) is 5.48. The quantitative estimate of drug-likeness (QED) is 0.507. The molecule has 10 heteroatoms. The summed E-state index contributed by atoms with van der Waals surface area (Å²) in [5, 5.41) is 2.82. The Morgan fingerprint density at radius 3 is 2.34 bits per heavy atom. The van der Waals surface area contributed by atoms with Crippen LogP contribution in [0.2, 0.25) is 0 Å². The van der Waals surface area contributed by atoms with Crippen molar-refractivity contribution in [2.24, 2.45) is 0 Å². The first-order chi connectivity index (χ1) is 16.8. The van der Waals surface area contributed by atoms with Gasteiger partial charge in [0.05, 0.1) is 23.7 Å². The Morgan fingerprint density at radius 1 is 1.03 bits per heavy atom. The fraction of sp³-hybridized carbons (Fsp3) is 0.240. The number of carbonyl (C=O) groups excluding carboxylic acids is 1. The van der Waals surface area contributed by atoms with Crippen molar-refractivity contribution in [1.29, 1.82) is 0 Å². The molecule has 1 aliphatic heterocycles. The van der Waals surface area contributed by atoms with E-state index >= 15 is 0 Å². The van der Waals surface area contributed by atoms with Gasteiger partial charge in [-0.25, -0.2) is 12.8 Å². The predicted octanol–water partition coefficient (Wildman–Crippen LogP) is 3.68. The number of ether oxygens (including phenoxy) is 3. The van der Waals surface area contributed by atoms with E-state index in [0.717, 1.165) is 22.0 Å². The van der Waals surface area contributed by atoms with E-state index in [0.29, 0.717) is 30.5 Å². The number of rotatable bonds is 8. The molecule has 0 fully saturated rings. The van der Waals surface area contributed by atoms with Crippen LogP contribution in [0.5, 0.6) is 17.2 Å². The fourth-order valence-corrected chi connectivity index (χ4v) is 5.05. The van der Waals surface area contributed by atoms with Gasteiger partial charge in [-0.05, 0) is 73.2 Å². The molecule has 0 unspecified atom stereocenters. The van der Waals surface area contributed by atoms with E-state index in [-0.39, 0.29) is 10.6 Å². The lowest BCUT2D eigenvalue weighted by molar-refractivity contribution is -0.120. The van der Waals surface area contributed by atoms with E-state index in [9.17, 15) is 17.6 Å². The molecule has 1 aliphatic rings. The smallest absolute Gasteiger partial charge is 0.264 e. The first kappa shape index (κ1) is 24.3. The fourth-order valence-electron chi connectivity index (χ4n) is 3.63. The molecule has 184 valence electrons. The van der Waals surface area contributed by atoms with E-state index in [1.165, 1.54) is 43.5 Å². The zero-order valence-electron chi connectivity index (χ0n) is 19.2. The third-order valence-corrected chi connectivity index (χ3v) is 7.28. The molecule has 0 saturated carbocycles. The maximum atomic E-state index is 13.5. The molecule has 1 N–H and O–H groups in total.